The van der Waals surface area contributed by atoms with E-state index in [1.54, 1.807) is 17.9 Å². The summed E-state index contributed by atoms with van der Waals surface area (Å²) in [6, 6.07) is 1.75. The molecule has 20 heavy (non-hydrogen) atoms. The van der Waals surface area contributed by atoms with Gasteiger partial charge < -0.3 is 15.5 Å². The van der Waals surface area contributed by atoms with Gasteiger partial charge in [-0.05, 0) is 12.0 Å². The standard InChI is InChI=1S/C12H19N7O/c1-19-7-9(6-15-19)3-4-14-10-5-11(18-13)17-12(16-10)8-20-2/h5-7H,3-4,8,13H2,1-2H3,(H2,14,16,17,18). The highest BCUT2D eigenvalue weighted by Crippen LogP contribution is 2.11. The van der Waals surface area contributed by atoms with Crippen molar-refractivity contribution in [1.82, 2.24) is 19.7 Å². The smallest absolute Gasteiger partial charge is 0.158 e. The summed E-state index contributed by atoms with van der Waals surface area (Å²) >= 11 is 0. The number of hydrazine groups is 1. The summed E-state index contributed by atoms with van der Waals surface area (Å²) in [6.07, 6.45) is 4.71. The molecular weight excluding hydrogens is 258 g/mol. The lowest BCUT2D eigenvalue weighted by Crippen LogP contribution is -2.13. The van der Waals surface area contributed by atoms with E-state index in [1.807, 2.05) is 19.4 Å². The van der Waals surface area contributed by atoms with Crippen molar-refractivity contribution in [2.45, 2.75) is 13.0 Å². The molecule has 0 fully saturated rings. The van der Waals surface area contributed by atoms with Crippen molar-refractivity contribution in [2.75, 3.05) is 24.4 Å². The fourth-order valence-electron chi connectivity index (χ4n) is 1.79. The van der Waals surface area contributed by atoms with Gasteiger partial charge in [0.05, 0.1) is 6.20 Å². The molecule has 2 aromatic heterocycles. The van der Waals surface area contributed by atoms with Crippen LogP contribution in [-0.2, 0) is 24.8 Å². The van der Waals surface area contributed by atoms with Crippen molar-refractivity contribution in [2.24, 2.45) is 12.9 Å². The highest BCUT2D eigenvalue weighted by molar-refractivity contribution is 5.46. The van der Waals surface area contributed by atoms with Crippen LogP contribution in [0, 0.1) is 0 Å². The van der Waals surface area contributed by atoms with Gasteiger partial charge in [-0.15, -0.1) is 0 Å². The second-order valence-corrected chi connectivity index (χ2v) is 4.33. The SMILES string of the molecule is COCc1nc(NN)cc(NCCc2cnn(C)c2)n1. The average molecular weight is 277 g/mol. The summed E-state index contributed by atoms with van der Waals surface area (Å²) in [5, 5.41) is 7.36. The lowest BCUT2D eigenvalue weighted by molar-refractivity contribution is 0.178. The molecule has 2 rings (SSSR count). The van der Waals surface area contributed by atoms with Crippen LogP contribution in [0.5, 0.6) is 0 Å². The third kappa shape index (κ3) is 3.90. The summed E-state index contributed by atoms with van der Waals surface area (Å²) in [7, 11) is 3.50. The van der Waals surface area contributed by atoms with Crippen LogP contribution >= 0.6 is 0 Å². The van der Waals surface area contributed by atoms with Crippen LogP contribution < -0.4 is 16.6 Å². The molecule has 0 aliphatic rings. The largest absolute Gasteiger partial charge is 0.377 e. The van der Waals surface area contributed by atoms with Gasteiger partial charge in [0.2, 0.25) is 0 Å². The number of nitrogens with two attached hydrogens (primary N) is 1. The average Bonchev–Trinajstić information content (AvgIpc) is 2.84. The Morgan fingerprint density at radius 1 is 1.35 bits per heavy atom. The Kier molecular flexibility index (Phi) is 4.85. The van der Waals surface area contributed by atoms with Crippen LogP contribution in [0.15, 0.2) is 18.5 Å². The maximum atomic E-state index is 5.39. The number of aromatic nitrogens is 4. The maximum Gasteiger partial charge on any atom is 0.158 e. The molecule has 0 bridgehead atoms. The zero-order valence-electron chi connectivity index (χ0n) is 11.6. The van der Waals surface area contributed by atoms with Crippen LogP contribution in [0.3, 0.4) is 0 Å². The highest BCUT2D eigenvalue weighted by atomic mass is 16.5. The topological polar surface area (TPSA) is 103 Å². The van der Waals surface area contributed by atoms with Gasteiger partial charge in [-0.1, -0.05) is 0 Å². The van der Waals surface area contributed by atoms with E-state index in [4.69, 9.17) is 10.6 Å². The Morgan fingerprint density at radius 2 is 2.15 bits per heavy atom. The van der Waals surface area contributed by atoms with Gasteiger partial charge in [0.15, 0.2) is 5.82 Å². The first-order valence-corrected chi connectivity index (χ1v) is 6.26. The van der Waals surface area contributed by atoms with E-state index in [0.29, 0.717) is 24.1 Å². The van der Waals surface area contributed by atoms with E-state index in [2.05, 4.69) is 25.8 Å². The van der Waals surface area contributed by atoms with E-state index in [-0.39, 0.29) is 0 Å². The van der Waals surface area contributed by atoms with Crippen LogP contribution in [0.1, 0.15) is 11.4 Å². The number of nitrogens with one attached hydrogen (secondary N) is 2. The lowest BCUT2D eigenvalue weighted by atomic mass is 10.2. The van der Waals surface area contributed by atoms with Crippen molar-refractivity contribution in [3.05, 3.63) is 29.8 Å². The minimum atomic E-state index is 0.340. The summed E-state index contributed by atoms with van der Waals surface area (Å²) in [6.45, 7) is 1.09. The molecule has 0 saturated heterocycles. The first-order valence-electron chi connectivity index (χ1n) is 6.26. The molecule has 0 spiro atoms. The van der Waals surface area contributed by atoms with Gasteiger partial charge in [0.1, 0.15) is 18.2 Å². The van der Waals surface area contributed by atoms with Gasteiger partial charge in [-0.2, -0.15) is 5.10 Å². The molecule has 0 aliphatic heterocycles. The minimum Gasteiger partial charge on any atom is -0.377 e. The van der Waals surface area contributed by atoms with Crippen molar-refractivity contribution in [3.8, 4) is 0 Å². The highest BCUT2D eigenvalue weighted by Gasteiger charge is 2.04. The molecular formula is C12H19N7O. The van der Waals surface area contributed by atoms with E-state index < -0.39 is 0 Å². The predicted molar refractivity (Wildman–Crippen MR) is 76.0 cm³/mol. The Morgan fingerprint density at radius 3 is 2.80 bits per heavy atom. The zero-order valence-corrected chi connectivity index (χ0v) is 11.6. The molecule has 8 heteroatoms. The number of hydrogen-bond donors (Lipinski definition) is 3. The fraction of sp³-hybridized carbons (Fsp3) is 0.417. The molecule has 0 amide bonds. The summed E-state index contributed by atoms with van der Waals surface area (Å²) < 4.78 is 6.81. The molecule has 0 unspecified atom stereocenters. The molecule has 0 saturated carbocycles. The third-order valence-corrected chi connectivity index (χ3v) is 2.67. The number of rotatable bonds is 7. The van der Waals surface area contributed by atoms with Crippen LogP contribution in [-0.4, -0.2) is 33.4 Å². The molecule has 4 N–H and O–H groups in total. The lowest BCUT2D eigenvalue weighted by Gasteiger charge is -2.09. The normalized spacial score (nSPS) is 10.6. The second kappa shape index (κ2) is 6.83. The van der Waals surface area contributed by atoms with Crippen molar-refractivity contribution < 1.29 is 4.74 Å². The van der Waals surface area contributed by atoms with Crippen molar-refractivity contribution >= 4 is 11.6 Å². The molecule has 0 atom stereocenters. The number of aryl methyl sites for hydroxylation is 1. The van der Waals surface area contributed by atoms with Gasteiger partial charge in [0.25, 0.3) is 0 Å². The van der Waals surface area contributed by atoms with E-state index >= 15 is 0 Å². The van der Waals surface area contributed by atoms with E-state index in [1.165, 1.54) is 5.56 Å². The van der Waals surface area contributed by atoms with Gasteiger partial charge in [0, 0.05) is 33.0 Å². The molecule has 8 nitrogen and oxygen atoms in total. The molecule has 0 aliphatic carbocycles. The van der Waals surface area contributed by atoms with Crippen molar-refractivity contribution in [3.63, 3.8) is 0 Å². The molecule has 108 valence electrons. The Hall–Kier alpha value is -2.19. The van der Waals surface area contributed by atoms with Crippen LogP contribution in [0.4, 0.5) is 11.6 Å². The number of ether oxygens (including phenoxy) is 1. The number of nitrogens with zero attached hydrogens (tertiary/aromatic N) is 4. The first kappa shape index (κ1) is 14.2. The Balaban J connectivity index is 1.95. The van der Waals surface area contributed by atoms with Crippen LogP contribution in [0.25, 0.3) is 0 Å². The minimum absolute atomic E-state index is 0.340. The monoisotopic (exact) mass is 277 g/mol. The molecule has 0 aromatic carbocycles. The zero-order chi connectivity index (χ0) is 14.4. The van der Waals surface area contributed by atoms with Crippen molar-refractivity contribution in [1.29, 1.82) is 0 Å². The Bertz CT molecular complexity index is 554. The predicted octanol–water partition coefficient (Wildman–Crippen LogP) is 0.297. The van der Waals surface area contributed by atoms with E-state index in [9.17, 15) is 0 Å². The summed E-state index contributed by atoms with van der Waals surface area (Å²) in [5.41, 5.74) is 3.69. The quantitative estimate of drug-likeness (QED) is 0.494. The third-order valence-electron chi connectivity index (χ3n) is 2.67. The van der Waals surface area contributed by atoms with E-state index in [0.717, 1.165) is 13.0 Å². The summed E-state index contributed by atoms with van der Waals surface area (Å²) in [4.78, 5) is 8.53. The molecule has 0 radical (unpaired) electrons. The number of nitrogen functional groups attached to an aromatic ring is 1. The van der Waals surface area contributed by atoms with Crippen LogP contribution in [0.2, 0.25) is 0 Å². The maximum absolute atomic E-state index is 5.39. The van der Waals surface area contributed by atoms with Gasteiger partial charge in [-0.25, -0.2) is 15.8 Å². The Labute approximate surface area is 117 Å². The molecule has 2 aromatic rings. The fourth-order valence-corrected chi connectivity index (χ4v) is 1.79. The number of anilines is 2. The first-order chi connectivity index (χ1) is 9.71. The van der Waals surface area contributed by atoms with Gasteiger partial charge >= 0.3 is 0 Å². The number of hydrogen-bond acceptors (Lipinski definition) is 7. The second-order valence-electron chi connectivity index (χ2n) is 4.33. The number of methoxy groups -OCH3 is 1. The van der Waals surface area contributed by atoms with Gasteiger partial charge in [-0.3, -0.25) is 4.68 Å². The molecule has 2 heterocycles. The summed E-state index contributed by atoms with van der Waals surface area (Å²) in [5.74, 6) is 7.23.